The van der Waals surface area contributed by atoms with Crippen LogP contribution in [-0.4, -0.2) is 18.0 Å². The molecule has 0 spiro atoms. The van der Waals surface area contributed by atoms with Gasteiger partial charge >= 0.3 is 5.97 Å². The lowest BCUT2D eigenvalue weighted by Crippen LogP contribution is -2.30. The van der Waals surface area contributed by atoms with Crippen LogP contribution in [0, 0.1) is 19.7 Å². The first-order chi connectivity index (χ1) is 13.3. The minimum Gasteiger partial charge on any atom is -0.449 e. The molecule has 2 aromatic carbocycles. The molecule has 3 rings (SSSR count). The molecule has 1 atom stereocenters. The number of esters is 1. The Balaban J connectivity index is 1.66. The van der Waals surface area contributed by atoms with Crippen molar-refractivity contribution in [2.45, 2.75) is 26.9 Å². The Morgan fingerprint density at radius 1 is 1.07 bits per heavy atom. The van der Waals surface area contributed by atoms with Crippen LogP contribution in [0.15, 0.2) is 59.0 Å². The van der Waals surface area contributed by atoms with Gasteiger partial charge in [0.25, 0.3) is 5.91 Å². The second kappa shape index (κ2) is 8.08. The number of carbonyl (C=O) groups excluding carboxylic acids is 2. The quantitative estimate of drug-likeness (QED) is 0.639. The van der Waals surface area contributed by atoms with Gasteiger partial charge in [0.15, 0.2) is 6.10 Å². The summed E-state index contributed by atoms with van der Waals surface area (Å²) in [5, 5.41) is 2.75. The number of halogens is 1. The molecule has 1 N–H and O–H groups in total. The third-order valence-corrected chi connectivity index (χ3v) is 4.25. The first-order valence-electron chi connectivity index (χ1n) is 8.79. The molecule has 0 saturated carbocycles. The molecule has 0 aliphatic heterocycles. The van der Waals surface area contributed by atoms with Crippen molar-refractivity contribution in [3.63, 3.8) is 0 Å². The molecular weight excluding hydrogens is 361 g/mol. The molecule has 3 aromatic rings. The smallest absolute Gasteiger partial charge is 0.375 e. The van der Waals surface area contributed by atoms with Crippen molar-refractivity contribution >= 4 is 17.6 Å². The van der Waals surface area contributed by atoms with Crippen LogP contribution < -0.4 is 5.32 Å². The van der Waals surface area contributed by atoms with Gasteiger partial charge in [-0.15, -0.1) is 0 Å². The van der Waals surface area contributed by atoms with Gasteiger partial charge in [0, 0.05) is 5.69 Å². The molecular formula is C22H20FNO4. The van der Waals surface area contributed by atoms with Gasteiger partial charge in [-0.25, -0.2) is 9.18 Å². The highest BCUT2D eigenvalue weighted by Crippen LogP contribution is 2.25. The van der Waals surface area contributed by atoms with Gasteiger partial charge in [-0.3, -0.25) is 4.79 Å². The maximum absolute atomic E-state index is 13.8. The lowest BCUT2D eigenvalue weighted by Gasteiger charge is -2.14. The number of carbonyl (C=O) groups is 2. The Bertz CT molecular complexity index is 1020. The van der Waals surface area contributed by atoms with Crippen molar-refractivity contribution in [1.82, 2.24) is 0 Å². The van der Waals surface area contributed by atoms with E-state index in [2.05, 4.69) is 5.32 Å². The van der Waals surface area contributed by atoms with E-state index in [0.29, 0.717) is 5.69 Å². The van der Waals surface area contributed by atoms with Gasteiger partial charge in [-0.2, -0.15) is 0 Å². The van der Waals surface area contributed by atoms with E-state index in [1.54, 1.807) is 18.2 Å². The van der Waals surface area contributed by atoms with Crippen LogP contribution in [0.1, 0.15) is 28.6 Å². The van der Waals surface area contributed by atoms with Crippen LogP contribution in [0.2, 0.25) is 0 Å². The molecule has 0 unspecified atom stereocenters. The lowest BCUT2D eigenvalue weighted by atomic mass is 10.1. The van der Waals surface area contributed by atoms with Crippen molar-refractivity contribution in [3.05, 3.63) is 77.3 Å². The van der Waals surface area contributed by atoms with E-state index in [0.717, 1.165) is 11.1 Å². The number of aryl methyl sites for hydroxylation is 2. The summed E-state index contributed by atoms with van der Waals surface area (Å²) in [6.07, 6.45) is -1.03. The Morgan fingerprint density at radius 2 is 1.82 bits per heavy atom. The Kier molecular flexibility index (Phi) is 5.59. The van der Waals surface area contributed by atoms with Gasteiger partial charge in [-0.05, 0) is 62.2 Å². The van der Waals surface area contributed by atoms with Crippen LogP contribution >= 0.6 is 0 Å². The van der Waals surface area contributed by atoms with Crippen LogP contribution in [0.3, 0.4) is 0 Å². The zero-order valence-electron chi connectivity index (χ0n) is 15.8. The molecule has 0 saturated heterocycles. The van der Waals surface area contributed by atoms with Crippen LogP contribution in [-0.2, 0) is 9.53 Å². The van der Waals surface area contributed by atoms with E-state index >= 15 is 0 Å². The summed E-state index contributed by atoms with van der Waals surface area (Å²) in [5.41, 5.74) is 2.80. The molecule has 0 aliphatic carbocycles. The van der Waals surface area contributed by atoms with Gasteiger partial charge in [0.05, 0.1) is 5.56 Å². The van der Waals surface area contributed by atoms with E-state index < -0.39 is 23.8 Å². The van der Waals surface area contributed by atoms with Crippen molar-refractivity contribution in [2.75, 3.05) is 5.32 Å². The molecule has 1 heterocycles. The van der Waals surface area contributed by atoms with Crippen LogP contribution in [0.4, 0.5) is 10.1 Å². The fourth-order valence-electron chi connectivity index (χ4n) is 2.63. The molecule has 6 heteroatoms. The van der Waals surface area contributed by atoms with Gasteiger partial charge in [0.1, 0.15) is 11.6 Å². The maximum atomic E-state index is 13.8. The van der Waals surface area contributed by atoms with Gasteiger partial charge < -0.3 is 14.5 Å². The minimum absolute atomic E-state index is 0.107. The van der Waals surface area contributed by atoms with Crippen molar-refractivity contribution in [1.29, 1.82) is 0 Å². The van der Waals surface area contributed by atoms with E-state index in [4.69, 9.17) is 9.15 Å². The van der Waals surface area contributed by atoms with Gasteiger partial charge in [0.2, 0.25) is 5.76 Å². The maximum Gasteiger partial charge on any atom is 0.375 e. The van der Waals surface area contributed by atoms with E-state index in [1.807, 2.05) is 32.0 Å². The van der Waals surface area contributed by atoms with Crippen LogP contribution in [0.5, 0.6) is 0 Å². The highest BCUT2D eigenvalue weighted by molar-refractivity contribution is 5.97. The number of amides is 1. The topological polar surface area (TPSA) is 68.5 Å². The van der Waals surface area contributed by atoms with Crippen molar-refractivity contribution in [3.8, 4) is 11.3 Å². The number of rotatable bonds is 5. The number of hydrogen-bond donors (Lipinski definition) is 1. The number of furan rings is 1. The zero-order valence-corrected chi connectivity index (χ0v) is 15.8. The lowest BCUT2D eigenvalue weighted by molar-refractivity contribution is -0.123. The van der Waals surface area contributed by atoms with E-state index in [9.17, 15) is 14.0 Å². The summed E-state index contributed by atoms with van der Waals surface area (Å²) in [5.74, 6) is -1.62. The molecule has 144 valence electrons. The summed E-state index contributed by atoms with van der Waals surface area (Å²) in [6, 6.07) is 14.6. The molecule has 5 nitrogen and oxygen atoms in total. The molecule has 0 fully saturated rings. The number of nitrogens with one attached hydrogen (secondary N) is 1. The van der Waals surface area contributed by atoms with Crippen LogP contribution in [0.25, 0.3) is 11.3 Å². The summed E-state index contributed by atoms with van der Waals surface area (Å²) in [4.78, 5) is 24.6. The first-order valence-corrected chi connectivity index (χ1v) is 8.79. The van der Waals surface area contributed by atoms with Gasteiger partial charge in [-0.1, -0.05) is 24.3 Å². The summed E-state index contributed by atoms with van der Waals surface area (Å²) in [6.45, 7) is 5.26. The fourth-order valence-corrected chi connectivity index (χ4v) is 2.63. The van der Waals surface area contributed by atoms with E-state index in [-0.39, 0.29) is 17.1 Å². The fraction of sp³-hybridized carbons (Fsp3) is 0.182. The minimum atomic E-state index is -1.03. The molecule has 28 heavy (non-hydrogen) atoms. The highest BCUT2D eigenvalue weighted by atomic mass is 19.1. The SMILES string of the molecule is Cc1ccc(C)c(NC(=O)[C@@H](C)OC(=O)c2ccc(-c3ccccc3F)o2)c1. The van der Waals surface area contributed by atoms with Crippen molar-refractivity contribution in [2.24, 2.45) is 0 Å². The number of ether oxygens (including phenoxy) is 1. The Hall–Kier alpha value is -3.41. The molecule has 1 amide bonds. The predicted octanol–water partition coefficient (Wildman–Crippen LogP) is 4.89. The highest BCUT2D eigenvalue weighted by Gasteiger charge is 2.22. The molecule has 1 aromatic heterocycles. The zero-order chi connectivity index (χ0) is 20.3. The third kappa shape index (κ3) is 4.28. The molecule has 0 bridgehead atoms. The second-order valence-corrected chi connectivity index (χ2v) is 6.50. The molecule has 0 radical (unpaired) electrons. The Labute approximate surface area is 162 Å². The standard InChI is InChI=1S/C22H20FNO4/c1-13-8-9-14(2)18(12-13)24-21(25)15(3)27-22(26)20-11-10-19(28-20)16-6-4-5-7-17(16)23/h4-12,15H,1-3H3,(H,24,25)/t15-/m1/s1. The largest absolute Gasteiger partial charge is 0.449 e. The second-order valence-electron chi connectivity index (χ2n) is 6.50. The molecule has 0 aliphatic rings. The summed E-state index contributed by atoms with van der Waals surface area (Å²) >= 11 is 0. The Morgan fingerprint density at radius 3 is 2.57 bits per heavy atom. The van der Waals surface area contributed by atoms with Crippen molar-refractivity contribution < 1.29 is 23.1 Å². The number of benzene rings is 2. The summed E-state index contributed by atoms with van der Waals surface area (Å²) in [7, 11) is 0. The predicted molar refractivity (Wildman–Crippen MR) is 104 cm³/mol. The first kappa shape index (κ1) is 19.4. The average Bonchev–Trinajstić information content (AvgIpc) is 3.15. The monoisotopic (exact) mass is 381 g/mol. The number of hydrogen-bond acceptors (Lipinski definition) is 4. The average molecular weight is 381 g/mol. The summed E-state index contributed by atoms with van der Waals surface area (Å²) < 4.78 is 24.4. The number of anilines is 1. The normalized spacial score (nSPS) is 11.7. The van der Waals surface area contributed by atoms with E-state index in [1.165, 1.54) is 25.1 Å². The third-order valence-electron chi connectivity index (χ3n) is 4.25.